The molecule has 0 aliphatic rings. The zero-order chi connectivity index (χ0) is 27.2. The van der Waals surface area contributed by atoms with Gasteiger partial charge in [-0.25, -0.2) is 0 Å². The molecule has 7 nitrogen and oxygen atoms in total. The maximum absolute atomic E-state index is 12.0. The van der Waals surface area contributed by atoms with Gasteiger partial charge in [-0.15, -0.1) is 0 Å². The molecule has 38 heavy (non-hydrogen) atoms. The number of carboxylic acids is 2. The highest BCUT2D eigenvalue weighted by Crippen LogP contribution is 2.25. The zero-order valence-corrected chi connectivity index (χ0v) is 21.8. The van der Waals surface area contributed by atoms with Crippen LogP contribution in [-0.2, 0) is 29.0 Å². The summed E-state index contributed by atoms with van der Waals surface area (Å²) in [4.78, 5) is 24.0. The molecule has 0 spiro atoms. The van der Waals surface area contributed by atoms with Gasteiger partial charge in [0.15, 0.2) is 0 Å². The van der Waals surface area contributed by atoms with E-state index in [-0.39, 0.29) is 12.8 Å². The van der Waals surface area contributed by atoms with Crippen LogP contribution in [-0.4, -0.2) is 48.3 Å². The molecule has 0 saturated heterocycles. The number of aliphatic carboxylic acids is 2. The average Bonchev–Trinajstić information content (AvgIpc) is 2.93. The molecular weight excluding hydrogens is 478 g/mol. The lowest BCUT2D eigenvalue weighted by Crippen LogP contribution is -2.33. The fourth-order valence-corrected chi connectivity index (χ4v) is 4.50. The third-order valence-corrected chi connectivity index (χ3v) is 6.71. The lowest BCUT2D eigenvalue weighted by molar-refractivity contribution is -0.153. The van der Waals surface area contributed by atoms with Crippen molar-refractivity contribution in [3.63, 3.8) is 0 Å². The number of nitrogens with two attached hydrogens (primary N) is 1. The number of hydrogen-bond acceptors (Lipinski definition) is 5. The Bertz CT molecular complexity index is 1120. The number of carbonyl (C=O) groups is 2. The highest BCUT2D eigenvalue weighted by atomic mass is 16.4. The summed E-state index contributed by atoms with van der Waals surface area (Å²) < 4.78 is 0. The van der Waals surface area contributed by atoms with Crippen molar-refractivity contribution in [3.05, 3.63) is 95.6 Å². The minimum absolute atomic E-state index is 0.159. The molecule has 0 bridgehead atoms. The molecule has 3 aromatic rings. The summed E-state index contributed by atoms with van der Waals surface area (Å²) in [6.07, 6.45) is 2.41. The van der Waals surface area contributed by atoms with Crippen molar-refractivity contribution in [1.29, 1.82) is 0 Å². The zero-order valence-electron chi connectivity index (χ0n) is 21.8. The molecule has 0 amide bonds. The highest BCUT2D eigenvalue weighted by Gasteiger charge is 2.34. The minimum Gasteiger partial charge on any atom is -0.481 e. The Morgan fingerprint density at radius 2 is 1.11 bits per heavy atom. The summed E-state index contributed by atoms with van der Waals surface area (Å²) in [5.74, 6) is -4.22. The normalized spacial score (nSPS) is 12.7. The Labute approximate surface area is 225 Å². The van der Waals surface area contributed by atoms with Gasteiger partial charge in [-0.2, -0.15) is 0 Å². The summed E-state index contributed by atoms with van der Waals surface area (Å²) in [5.41, 5.74) is 10.4. The van der Waals surface area contributed by atoms with Gasteiger partial charge in [0, 0.05) is 6.54 Å². The summed E-state index contributed by atoms with van der Waals surface area (Å²) in [6, 6.07) is 25.3. The molecule has 0 aliphatic heterocycles. The van der Waals surface area contributed by atoms with Crippen molar-refractivity contribution in [1.82, 2.24) is 10.6 Å². The second kappa shape index (κ2) is 15.7. The first-order chi connectivity index (χ1) is 18.5. The maximum Gasteiger partial charge on any atom is 0.307 e. The van der Waals surface area contributed by atoms with Gasteiger partial charge in [-0.1, -0.05) is 78.9 Å². The molecule has 0 aromatic heterocycles. The quantitative estimate of drug-likeness (QED) is 0.172. The van der Waals surface area contributed by atoms with E-state index in [2.05, 4.69) is 34.9 Å². The number of rotatable bonds is 17. The lowest BCUT2D eigenvalue weighted by atomic mass is 9.82. The van der Waals surface area contributed by atoms with Crippen LogP contribution in [0.4, 0.5) is 0 Å². The van der Waals surface area contributed by atoms with Gasteiger partial charge in [0.25, 0.3) is 0 Å². The molecular formula is C31H39N3O4. The molecule has 0 aliphatic carbocycles. The number of carboxylic acid groups (broad SMARTS) is 2. The van der Waals surface area contributed by atoms with Crippen LogP contribution in [0.15, 0.2) is 78.9 Å². The Kier molecular flexibility index (Phi) is 12.0. The van der Waals surface area contributed by atoms with Crippen LogP contribution in [0.2, 0.25) is 0 Å². The molecule has 0 unspecified atom stereocenters. The molecule has 202 valence electrons. The highest BCUT2D eigenvalue weighted by molar-refractivity contribution is 5.80. The average molecular weight is 518 g/mol. The van der Waals surface area contributed by atoms with Crippen molar-refractivity contribution in [2.45, 2.75) is 32.2 Å². The smallest absolute Gasteiger partial charge is 0.307 e. The number of benzene rings is 3. The van der Waals surface area contributed by atoms with Gasteiger partial charge in [0.05, 0.1) is 11.8 Å². The van der Waals surface area contributed by atoms with E-state index in [1.807, 2.05) is 54.6 Å². The topological polar surface area (TPSA) is 125 Å². The van der Waals surface area contributed by atoms with Crippen LogP contribution in [0.25, 0.3) is 11.1 Å². The van der Waals surface area contributed by atoms with E-state index >= 15 is 0 Å². The van der Waals surface area contributed by atoms with Gasteiger partial charge in [-0.3, -0.25) is 9.59 Å². The van der Waals surface area contributed by atoms with E-state index < -0.39 is 23.8 Å². The Morgan fingerprint density at radius 3 is 1.63 bits per heavy atom. The van der Waals surface area contributed by atoms with Gasteiger partial charge in [-0.05, 0) is 79.7 Å². The van der Waals surface area contributed by atoms with Crippen molar-refractivity contribution in [2.24, 2.45) is 17.6 Å². The second-order valence-corrected chi connectivity index (χ2v) is 9.60. The van der Waals surface area contributed by atoms with E-state index in [0.717, 1.165) is 67.8 Å². The van der Waals surface area contributed by atoms with E-state index in [9.17, 15) is 19.8 Å². The summed E-state index contributed by atoms with van der Waals surface area (Å²) >= 11 is 0. The lowest BCUT2D eigenvalue weighted by Gasteiger charge is -2.21. The number of hydrogen-bond donors (Lipinski definition) is 5. The van der Waals surface area contributed by atoms with Crippen LogP contribution < -0.4 is 16.4 Å². The summed E-state index contributed by atoms with van der Waals surface area (Å²) in [5, 5.41) is 26.5. The van der Waals surface area contributed by atoms with Crippen LogP contribution in [0.3, 0.4) is 0 Å². The first-order valence-electron chi connectivity index (χ1n) is 13.3. The van der Waals surface area contributed by atoms with Gasteiger partial charge in [0.1, 0.15) is 0 Å². The van der Waals surface area contributed by atoms with Crippen LogP contribution >= 0.6 is 0 Å². The number of nitrogens with one attached hydrogen (secondary N) is 2. The predicted molar refractivity (Wildman–Crippen MR) is 151 cm³/mol. The predicted octanol–water partition coefficient (Wildman–Crippen LogP) is 3.96. The summed E-state index contributed by atoms with van der Waals surface area (Å²) in [6.45, 7) is 4.44. The summed E-state index contributed by atoms with van der Waals surface area (Å²) in [7, 11) is 0. The third-order valence-electron chi connectivity index (χ3n) is 6.71. The molecule has 7 heteroatoms. The SMILES string of the molecule is NCCCNCCCNCc1ccc(-c2ccc(C[C@H](C(=O)O)[C@H](Cc3ccccc3)C(=O)O)cc2)cc1. The van der Waals surface area contributed by atoms with Gasteiger partial charge < -0.3 is 26.6 Å². The van der Waals surface area contributed by atoms with E-state index in [1.54, 1.807) is 0 Å². The molecule has 0 fully saturated rings. The van der Waals surface area contributed by atoms with E-state index in [4.69, 9.17) is 5.73 Å². The minimum atomic E-state index is -1.09. The molecule has 3 aromatic carbocycles. The van der Waals surface area contributed by atoms with Gasteiger partial charge in [0.2, 0.25) is 0 Å². The Hall–Kier alpha value is -3.52. The molecule has 0 heterocycles. The van der Waals surface area contributed by atoms with Crippen molar-refractivity contribution >= 4 is 11.9 Å². The first-order valence-corrected chi connectivity index (χ1v) is 13.3. The molecule has 0 saturated carbocycles. The van der Waals surface area contributed by atoms with E-state index in [0.29, 0.717) is 0 Å². The Balaban J connectivity index is 1.54. The molecule has 0 radical (unpaired) electrons. The largest absolute Gasteiger partial charge is 0.481 e. The molecule has 2 atom stereocenters. The first kappa shape index (κ1) is 29.0. The van der Waals surface area contributed by atoms with Gasteiger partial charge >= 0.3 is 11.9 Å². The monoisotopic (exact) mass is 517 g/mol. The van der Waals surface area contributed by atoms with E-state index in [1.165, 1.54) is 5.56 Å². The van der Waals surface area contributed by atoms with Crippen molar-refractivity contribution in [2.75, 3.05) is 26.2 Å². The van der Waals surface area contributed by atoms with Crippen molar-refractivity contribution < 1.29 is 19.8 Å². The fourth-order valence-electron chi connectivity index (χ4n) is 4.50. The Morgan fingerprint density at radius 1 is 0.632 bits per heavy atom. The van der Waals surface area contributed by atoms with Crippen LogP contribution in [0.1, 0.15) is 29.5 Å². The second-order valence-electron chi connectivity index (χ2n) is 9.60. The van der Waals surface area contributed by atoms with Crippen molar-refractivity contribution in [3.8, 4) is 11.1 Å². The molecule has 6 N–H and O–H groups in total. The van der Waals surface area contributed by atoms with Crippen LogP contribution in [0, 0.1) is 11.8 Å². The maximum atomic E-state index is 12.0. The third kappa shape index (κ3) is 9.41. The van der Waals surface area contributed by atoms with Crippen LogP contribution in [0.5, 0.6) is 0 Å². The standard InChI is InChI=1S/C31H39N3O4/c32-16-4-17-33-18-5-19-34-22-25-10-14-27(15-11-25)26-12-8-24(9-13-26)21-29(31(37)38)28(30(35)36)20-23-6-2-1-3-7-23/h1-3,6-15,28-29,33-34H,4-5,16-22,32H2,(H,35,36)(H,37,38)/t28-,29-/m0/s1. The fraction of sp³-hybridized carbons (Fsp3) is 0.355. The molecule has 3 rings (SSSR count).